The van der Waals surface area contributed by atoms with Crippen LogP contribution in [-0.4, -0.2) is 0 Å². The number of hydrogen-bond donors (Lipinski definition) is 0. The van der Waals surface area contributed by atoms with E-state index >= 15 is 4.57 Å². The molecule has 0 amide bonds. The lowest BCUT2D eigenvalue weighted by molar-refractivity contribution is 0.582. The van der Waals surface area contributed by atoms with E-state index in [2.05, 4.69) is 131 Å². The van der Waals surface area contributed by atoms with E-state index in [0.717, 1.165) is 67.1 Å². The highest BCUT2D eigenvalue weighted by Gasteiger charge is 2.49. The van der Waals surface area contributed by atoms with Crippen LogP contribution in [0.2, 0.25) is 0 Å². The second-order valence-corrected chi connectivity index (χ2v) is 17.7. The molecule has 2 heterocycles. The largest absolute Gasteiger partial charge is 0.454 e. The zero-order valence-corrected chi connectivity index (χ0v) is 32.5. The van der Waals surface area contributed by atoms with E-state index in [4.69, 9.17) is 4.42 Å². The minimum absolute atomic E-state index is 0.195. The normalized spacial score (nSPS) is 16.5. The number of hydrogen-bond acceptors (Lipinski definition) is 3. The SMILES string of the molecule is CC1(C)c2ccccc2-c2c(N(c3ccc4c(c3)N(c3ccccc3)P(=O)(c3ccccc3)N4c3ccccc3)c3cccc4c3oc3ccccc34)cccc21. The summed E-state index contributed by atoms with van der Waals surface area (Å²) in [7, 11) is -3.57. The predicted octanol–water partition coefficient (Wildman–Crippen LogP) is 14.2. The van der Waals surface area contributed by atoms with Crippen molar-refractivity contribution in [3.8, 4) is 11.1 Å². The van der Waals surface area contributed by atoms with Crippen LogP contribution in [0.4, 0.5) is 39.8 Å². The molecule has 8 aromatic carbocycles. The standard InChI is InChI=1S/C51H38N3O2P/c1-51(2)42-27-14-12-25-41(42)49-43(51)28-17-29-45(49)52(46-30-16-26-40-39-24-13-15-31-48(39)56-50(40)46)37-32-33-44-47(34-37)54(36-20-8-4-9-21-36)57(55,38-22-10-5-11-23-38)53(44)35-18-6-3-7-19-35/h3-34H,1-2H3. The maximum Gasteiger partial charge on any atom is 0.301 e. The van der Waals surface area contributed by atoms with Gasteiger partial charge in [0.05, 0.1) is 28.1 Å². The van der Waals surface area contributed by atoms with Crippen molar-refractivity contribution in [2.24, 2.45) is 0 Å². The van der Waals surface area contributed by atoms with Crippen LogP contribution in [0.25, 0.3) is 33.1 Å². The number of fused-ring (bicyclic) bond motifs is 7. The summed E-state index contributed by atoms with van der Waals surface area (Å²) in [4.78, 5) is 2.35. The molecule has 0 saturated heterocycles. The number of nitrogens with zero attached hydrogens (tertiary/aromatic N) is 3. The molecule has 1 aromatic heterocycles. The number of furan rings is 1. The molecule has 0 radical (unpaired) electrons. The molecule has 1 aliphatic carbocycles. The van der Waals surface area contributed by atoms with E-state index in [1.807, 2.05) is 91.0 Å². The Kier molecular flexibility index (Phi) is 7.41. The molecule has 1 aliphatic heterocycles. The van der Waals surface area contributed by atoms with E-state index in [9.17, 15) is 0 Å². The summed E-state index contributed by atoms with van der Waals surface area (Å²) in [5, 5.41) is 2.88. The Balaban J connectivity index is 1.23. The van der Waals surface area contributed by atoms with Crippen LogP contribution in [0.3, 0.4) is 0 Å². The second kappa shape index (κ2) is 12.6. The van der Waals surface area contributed by atoms with Gasteiger partial charge in [0.15, 0.2) is 5.58 Å². The zero-order valence-electron chi connectivity index (χ0n) is 31.6. The molecule has 2 aliphatic rings. The minimum atomic E-state index is -3.57. The number of anilines is 7. The molecule has 5 nitrogen and oxygen atoms in total. The summed E-state index contributed by atoms with van der Waals surface area (Å²) in [5.74, 6) is 0. The second-order valence-electron chi connectivity index (χ2n) is 15.3. The van der Waals surface area contributed by atoms with Crippen LogP contribution in [0.1, 0.15) is 25.0 Å². The molecule has 0 saturated carbocycles. The average molecular weight is 756 g/mol. The van der Waals surface area contributed by atoms with Crippen molar-refractivity contribution in [1.82, 2.24) is 0 Å². The first-order valence-electron chi connectivity index (χ1n) is 19.4. The van der Waals surface area contributed by atoms with Gasteiger partial charge in [0.2, 0.25) is 0 Å². The first-order valence-corrected chi connectivity index (χ1v) is 21.0. The van der Waals surface area contributed by atoms with Gasteiger partial charge in [-0.25, -0.2) is 0 Å². The van der Waals surface area contributed by atoms with Gasteiger partial charge in [0.1, 0.15) is 5.58 Å². The van der Waals surface area contributed by atoms with Crippen LogP contribution in [0.15, 0.2) is 199 Å². The first kappa shape index (κ1) is 33.5. The predicted molar refractivity (Wildman–Crippen MR) is 237 cm³/mol. The Labute approximate surface area is 332 Å². The van der Waals surface area contributed by atoms with Crippen molar-refractivity contribution in [2.45, 2.75) is 19.3 Å². The van der Waals surface area contributed by atoms with Crippen LogP contribution in [-0.2, 0) is 9.98 Å². The Morgan fingerprint density at radius 3 is 1.86 bits per heavy atom. The van der Waals surface area contributed by atoms with Crippen LogP contribution < -0.4 is 19.5 Å². The van der Waals surface area contributed by atoms with Gasteiger partial charge < -0.3 is 9.32 Å². The molecule has 274 valence electrons. The lowest BCUT2D eigenvalue weighted by Gasteiger charge is -2.33. The molecule has 11 rings (SSSR count). The van der Waals surface area contributed by atoms with E-state index < -0.39 is 7.44 Å². The van der Waals surface area contributed by atoms with Gasteiger partial charge in [-0.2, -0.15) is 0 Å². The summed E-state index contributed by atoms with van der Waals surface area (Å²) in [6.45, 7) is 4.64. The monoisotopic (exact) mass is 755 g/mol. The fourth-order valence-corrected chi connectivity index (χ4v) is 12.2. The lowest BCUT2D eigenvalue weighted by atomic mass is 9.82. The molecule has 1 unspecified atom stereocenters. The van der Waals surface area contributed by atoms with Crippen molar-refractivity contribution in [1.29, 1.82) is 0 Å². The van der Waals surface area contributed by atoms with E-state index in [-0.39, 0.29) is 5.41 Å². The third-order valence-electron chi connectivity index (χ3n) is 11.8. The number of rotatable bonds is 6. The summed E-state index contributed by atoms with van der Waals surface area (Å²) < 4.78 is 27.3. The fraction of sp³-hybridized carbons (Fsp3) is 0.0588. The molecular weight excluding hydrogens is 718 g/mol. The van der Waals surface area contributed by atoms with Crippen molar-refractivity contribution in [3.05, 3.63) is 205 Å². The summed E-state index contributed by atoms with van der Waals surface area (Å²) in [5.41, 5.74) is 12.8. The lowest BCUT2D eigenvalue weighted by Crippen LogP contribution is -2.26. The van der Waals surface area contributed by atoms with Crippen molar-refractivity contribution >= 4 is 74.5 Å². The quantitative estimate of drug-likeness (QED) is 0.158. The molecule has 0 bridgehead atoms. The van der Waals surface area contributed by atoms with Gasteiger partial charge in [0.25, 0.3) is 0 Å². The molecule has 57 heavy (non-hydrogen) atoms. The summed E-state index contributed by atoms with van der Waals surface area (Å²) >= 11 is 0. The van der Waals surface area contributed by atoms with Gasteiger partial charge in [-0.1, -0.05) is 135 Å². The Bertz CT molecular complexity index is 3050. The van der Waals surface area contributed by atoms with Gasteiger partial charge >= 0.3 is 7.44 Å². The Morgan fingerprint density at radius 1 is 0.526 bits per heavy atom. The molecular formula is C51H38N3O2P. The van der Waals surface area contributed by atoms with Crippen LogP contribution >= 0.6 is 7.44 Å². The van der Waals surface area contributed by atoms with Crippen LogP contribution in [0.5, 0.6) is 0 Å². The molecule has 0 N–H and O–H groups in total. The smallest absolute Gasteiger partial charge is 0.301 e. The minimum Gasteiger partial charge on any atom is -0.454 e. The summed E-state index contributed by atoms with van der Waals surface area (Å²) in [6.07, 6.45) is 0. The highest BCUT2D eigenvalue weighted by molar-refractivity contribution is 7.76. The molecule has 1 atom stereocenters. The molecule has 0 spiro atoms. The first-order chi connectivity index (χ1) is 27.9. The Hall–Kier alpha value is -6.81. The molecule has 0 fully saturated rings. The highest BCUT2D eigenvalue weighted by Crippen LogP contribution is 2.70. The van der Waals surface area contributed by atoms with Gasteiger partial charge in [-0.3, -0.25) is 13.9 Å². The zero-order chi connectivity index (χ0) is 38.3. The van der Waals surface area contributed by atoms with E-state index in [1.165, 1.54) is 22.3 Å². The van der Waals surface area contributed by atoms with Gasteiger partial charge in [-0.15, -0.1) is 0 Å². The maximum absolute atomic E-state index is 16.4. The Morgan fingerprint density at radius 2 is 1.11 bits per heavy atom. The van der Waals surface area contributed by atoms with E-state index in [1.54, 1.807) is 0 Å². The molecule has 9 aromatic rings. The van der Waals surface area contributed by atoms with Crippen molar-refractivity contribution in [3.63, 3.8) is 0 Å². The van der Waals surface area contributed by atoms with Gasteiger partial charge in [0, 0.05) is 38.8 Å². The third kappa shape index (κ3) is 4.86. The summed E-state index contributed by atoms with van der Waals surface area (Å²) in [6, 6.07) is 66.8. The van der Waals surface area contributed by atoms with E-state index in [0.29, 0.717) is 0 Å². The number of para-hydroxylation sites is 4. The number of benzene rings is 8. The fourth-order valence-electron chi connectivity index (χ4n) is 9.20. The van der Waals surface area contributed by atoms with Crippen molar-refractivity contribution in [2.75, 3.05) is 14.2 Å². The highest BCUT2D eigenvalue weighted by atomic mass is 31.2. The maximum atomic E-state index is 16.4. The van der Waals surface area contributed by atoms with Gasteiger partial charge in [-0.05, 0) is 89.5 Å². The van der Waals surface area contributed by atoms with Crippen molar-refractivity contribution < 1.29 is 8.98 Å². The third-order valence-corrected chi connectivity index (χ3v) is 14.7. The molecule has 6 heteroatoms. The topological polar surface area (TPSA) is 39.9 Å². The average Bonchev–Trinajstić information content (AvgIpc) is 3.86. The van der Waals surface area contributed by atoms with Crippen LogP contribution in [0, 0.1) is 0 Å².